The minimum atomic E-state index is -0.0874. The molecule has 0 saturated heterocycles. The molecule has 5 nitrogen and oxygen atoms in total. The molecule has 0 radical (unpaired) electrons. The number of aryl methyl sites for hydroxylation is 4. The predicted octanol–water partition coefficient (Wildman–Crippen LogP) is 4.63. The van der Waals surface area contributed by atoms with E-state index in [1.807, 2.05) is 12.3 Å². The summed E-state index contributed by atoms with van der Waals surface area (Å²) in [4.78, 5) is 16.7. The van der Waals surface area contributed by atoms with Crippen LogP contribution in [0.3, 0.4) is 0 Å². The maximum atomic E-state index is 12.1. The average molecular weight is 391 g/mol. The number of hydrogen-bond donors (Lipinski definition) is 1. The van der Waals surface area contributed by atoms with Gasteiger partial charge < -0.3 is 5.32 Å². The second kappa shape index (κ2) is 7.63. The Morgan fingerprint density at radius 2 is 1.88 bits per heavy atom. The lowest BCUT2D eigenvalue weighted by molar-refractivity contribution is -0.113. The van der Waals surface area contributed by atoms with Gasteiger partial charge in [-0.15, -0.1) is 21.5 Å². The summed E-state index contributed by atoms with van der Waals surface area (Å²) < 4.78 is 0.804. The first kappa shape index (κ1) is 18.0. The predicted molar refractivity (Wildman–Crippen MR) is 106 cm³/mol. The summed E-state index contributed by atoms with van der Waals surface area (Å²) in [6.07, 6.45) is 0. The highest BCUT2D eigenvalue weighted by molar-refractivity contribution is 8.01. The van der Waals surface area contributed by atoms with E-state index < -0.39 is 0 Å². The maximum Gasteiger partial charge on any atom is 0.236 e. The van der Waals surface area contributed by atoms with Crippen molar-refractivity contribution in [3.05, 3.63) is 39.2 Å². The summed E-state index contributed by atoms with van der Waals surface area (Å²) in [7, 11) is 0. The summed E-state index contributed by atoms with van der Waals surface area (Å²) >= 11 is 4.32. The molecule has 0 aliphatic heterocycles. The van der Waals surface area contributed by atoms with Crippen LogP contribution in [0, 0.1) is 27.7 Å². The van der Waals surface area contributed by atoms with Crippen molar-refractivity contribution in [2.45, 2.75) is 32.0 Å². The first-order chi connectivity index (χ1) is 11.9. The van der Waals surface area contributed by atoms with Crippen molar-refractivity contribution < 1.29 is 4.79 Å². The molecule has 3 aromatic rings. The third-order valence-electron chi connectivity index (χ3n) is 3.70. The van der Waals surface area contributed by atoms with E-state index in [2.05, 4.69) is 53.4 Å². The van der Waals surface area contributed by atoms with Gasteiger partial charge in [-0.05, 0) is 50.5 Å². The van der Waals surface area contributed by atoms with Crippen LogP contribution in [0.2, 0.25) is 0 Å². The third kappa shape index (κ3) is 4.45. The van der Waals surface area contributed by atoms with Gasteiger partial charge in [-0.1, -0.05) is 29.2 Å². The Balaban J connectivity index is 1.65. The molecule has 2 aromatic heterocycles. The van der Waals surface area contributed by atoms with E-state index >= 15 is 0 Å². The first-order valence-electron chi connectivity index (χ1n) is 7.69. The van der Waals surface area contributed by atoms with Crippen molar-refractivity contribution >= 4 is 45.5 Å². The molecule has 0 saturated carbocycles. The molecule has 3 rings (SSSR count). The molecule has 130 valence electrons. The van der Waals surface area contributed by atoms with E-state index in [4.69, 9.17) is 0 Å². The van der Waals surface area contributed by atoms with E-state index in [0.717, 1.165) is 20.6 Å². The molecule has 0 aliphatic carbocycles. The van der Waals surface area contributed by atoms with Crippen LogP contribution in [0.5, 0.6) is 0 Å². The van der Waals surface area contributed by atoms with E-state index in [1.54, 1.807) is 0 Å². The molecular weight excluding hydrogens is 372 g/mol. The molecule has 0 bridgehead atoms. The fourth-order valence-electron chi connectivity index (χ4n) is 2.31. The van der Waals surface area contributed by atoms with Crippen molar-refractivity contribution in [3.63, 3.8) is 0 Å². The van der Waals surface area contributed by atoms with E-state index in [0.29, 0.717) is 10.9 Å². The van der Waals surface area contributed by atoms with Crippen LogP contribution >= 0.6 is 34.4 Å². The Kier molecular flexibility index (Phi) is 5.51. The van der Waals surface area contributed by atoms with Crippen LogP contribution in [0.15, 0.2) is 21.9 Å². The van der Waals surface area contributed by atoms with Gasteiger partial charge in [-0.3, -0.25) is 4.79 Å². The van der Waals surface area contributed by atoms with Crippen LogP contribution in [0.25, 0.3) is 11.3 Å². The average Bonchev–Trinajstić information content (AvgIpc) is 3.18. The molecule has 0 atom stereocenters. The summed E-state index contributed by atoms with van der Waals surface area (Å²) in [5, 5.41) is 14.3. The number of hydrogen-bond acceptors (Lipinski definition) is 7. The zero-order valence-corrected chi connectivity index (χ0v) is 16.9. The number of rotatable bonds is 5. The van der Waals surface area contributed by atoms with Gasteiger partial charge in [-0.25, -0.2) is 4.98 Å². The quantitative estimate of drug-likeness (QED) is 0.644. The summed E-state index contributed by atoms with van der Waals surface area (Å²) in [6, 6.07) is 4.32. The van der Waals surface area contributed by atoms with Gasteiger partial charge in [-0.2, -0.15) is 0 Å². The number of aromatic nitrogens is 3. The number of thioether (sulfide) groups is 1. The van der Waals surface area contributed by atoms with Crippen molar-refractivity contribution in [1.29, 1.82) is 0 Å². The van der Waals surface area contributed by atoms with Gasteiger partial charge in [0.2, 0.25) is 5.91 Å². The monoisotopic (exact) mass is 390 g/mol. The molecule has 0 aliphatic rings. The topological polar surface area (TPSA) is 67.8 Å². The number of thiazole rings is 1. The van der Waals surface area contributed by atoms with Gasteiger partial charge in [0.15, 0.2) is 9.47 Å². The third-order valence-corrected chi connectivity index (χ3v) is 6.43. The fraction of sp³-hybridized carbons (Fsp3) is 0.294. The summed E-state index contributed by atoms with van der Waals surface area (Å²) in [6.45, 7) is 8.18. The molecular formula is C17H18N4OS3. The molecule has 0 spiro atoms. The number of anilines is 1. The van der Waals surface area contributed by atoms with E-state index in [1.165, 1.54) is 51.1 Å². The Labute approximate surface area is 158 Å². The second-order valence-electron chi connectivity index (χ2n) is 5.71. The van der Waals surface area contributed by atoms with Crippen LogP contribution in [0.4, 0.5) is 5.13 Å². The minimum absolute atomic E-state index is 0.0874. The maximum absolute atomic E-state index is 12.1. The van der Waals surface area contributed by atoms with Gasteiger partial charge in [0, 0.05) is 10.9 Å². The molecule has 0 fully saturated rings. The standard InChI is InChI=1S/C17H18N4OS3/c1-9-5-11(3)13(6-10(9)2)14-7-23-16(18-14)19-15(22)8-24-17-21-20-12(4)25-17/h5-7H,8H2,1-4H3,(H,18,19,22). The highest BCUT2D eigenvalue weighted by atomic mass is 32.2. The number of carbonyl (C=O) groups excluding carboxylic acids is 1. The van der Waals surface area contributed by atoms with Crippen LogP contribution in [-0.2, 0) is 4.79 Å². The van der Waals surface area contributed by atoms with Crippen molar-refractivity contribution in [1.82, 2.24) is 15.2 Å². The van der Waals surface area contributed by atoms with Gasteiger partial charge in [0.25, 0.3) is 0 Å². The Morgan fingerprint density at radius 1 is 1.12 bits per heavy atom. The summed E-state index contributed by atoms with van der Waals surface area (Å²) in [5.74, 6) is 0.210. The largest absolute Gasteiger partial charge is 0.301 e. The van der Waals surface area contributed by atoms with E-state index in [-0.39, 0.29) is 5.91 Å². The fourth-order valence-corrected chi connectivity index (χ4v) is 4.65. The molecule has 25 heavy (non-hydrogen) atoms. The van der Waals surface area contributed by atoms with E-state index in [9.17, 15) is 4.79 Å². The molecule has 1 amide bonds. The van der Waals surface area contributed by atoms with Gasteiger partial charge in [0.05, 0.1) is 11.4 Å². The van der Waals surface area contributed by atoms with Crippen molar-refractivity contribution in [2.24, 2.45) is 0 Å². The lowest BCUT2D eigenvalue weighted by Crippen LogP contribution is -2.13. The van der Waals surface area contributed by atoms with Crippen LogP contribution in [0.1, 0.15) is 21.7 Å². The van der Waals surface area contributed by atoms with Gasteiger partial charge in [0.1, 0.15) is 5.01 Å². The minimum Gasteiger partial charge on any atom is -0.301 e. The number of nitrogens with zero attached hydrogens (tertiary/aromatic N) is 3. The molecule has 8 heteroatoms. The number of benzene rings is 1. The normalized spacial score (nSPS) is 10.9. The SMILES string of the molecule is Cc1nnc(SCC(=O)Nc2nc(-c3cc(C)c(C)cc3C)cs2)s1. The zero-order valence-electron chi connectivity index (χ0n) is 14.4. The highest BCUT2D eigenvalue weighted by Gasteiger charge is 2.12. The highest BCUT2D eigenvalue weighted by Crippen LogP contribution is 2.29. The van der Waals surface area contributed by atoms with Gasteiger partial charge >= 0.3 is 0 Å². The number of carbonyl (C=O) groups is 1. The van der Waals surface area contributed by atoms with Crippen molar-refractivity contribution in [3.8, 4) is 11.3 Å². The Hall–Kier alpha value is -1.77. The molecule has 0 unspecified atom stereocenters. The summed E-state index contributed by atoms with van der Waals surface area (Å²) in [5.41, 5.74) is 5.71. The molecule has 1 aromatic carbocycles. The first-order valence-corrected chi connectivity index (χ1v) is 10.4. The Bertz CT molecular complexity index is 917. The number of amides is 1. The zero-order chi connectivity index (χ0) is 18.0. The number of nitrogens with one attached hydrogen (secondary N) is 1. The lowest BCUT2D eigenvalue weighted by Gasteiger charge is -2.07. The van der Waals surface area contributed by atoms with Crippen LogP contribution < -0.4 is 5.32 Å². The second-order valence-corrected chi connectivity index (χ2v) is 8.98. The molecule has 2 heterocycles. The Morgan fingerprint density at radius 3 is 2.60 bits per heavy atom. The molecule has 1 N–H and O–H groups in total. The smallest absolute Gasteiger partial charge is 0.236 e. The van der Waals surface area contributed by atoms with Crippen LogP contribution in [-0.4, -0.2) is 26.8 Å². The lowest BCUT2D eigenvalue weighted by atomic mass is 9.99. The van der Waals surface area contributed by atoms with Crippen molar-refractivity contribution in [2.75, 3.05) is 11.1 Å².